The molecule has 2 nitrogen and oxygen atoms in total. The second kappa shape index (κ2) is 5.73. The summed E-state index contributed by atoms with van der Waals surface area (Å²) in [6, 6.07) is 10.4. The van der Waals surface area contributed by atoms with Crippen molar-refractivity contribution in [2.45, 2.75) is 50.7 Å². The molecule has 4 aliphatic rings. The van der Waals surface area contributed by atoms with Crippen molar-refractivity contribution in [2.75, 3.05) is 13.2 Å². The van der Waals surface area contributed by atoms with E-state index >= 15 is 0 Å². The summed E-state index contributed by atoms with van der Waals surface area (Å²) in [6.07, 6.45) is 8.39. The van der Waals surface area contributed by atoms with Crippen molar-refractivity contribution in [3.63, 3.8) is 0 Å². The Labute approximate surface area is 127 Å². The van der Waals surface area contributed by atoms with Gasteiger partial charge in [-0.15, -0.1) is 0 Å². The van der Waals surface area contributed by atoms with Gasteiger partial charge in [0.15, 0.2) is 0 Å². The zero-order chi connectivity index (χ0) is 14.1. The quantitative estimate of drug-likeness (QED) is 0.730. The van der Waals surface area contributed by atoms with Crippen LogP contribution in [0.3, 0.4) is 0 Å². The van der Waals surface area contributed by atoms with E-state index in [1.165, 1.54) is 44.1 Å². The average Bonchev–Trinajstić information content (AvgIpc) is 2.46. The number of rotatable bonds is 6. The fraction of sp³-hybridized carbons (Fsp3) is 0.684. The Morgan fingerprint density at radius 2 is 1.48 bits per heavy atom. The molecular formula is C19H26O2. The molecule has 114 valence electrons. The second-order valence-electron chi connectivity index (χ2n) is 7.49. The SMILES string of the molecule is c1ccc(COCCOC23CC4CC(CC(C4)C2)C3)cc1. The van der Waals surface area contributed by atoms with Gasteiger partial charge in [-0.3, -0.25) is 0 Å². The summed E-state index contributed by atoms with van der Waals surface area (Å²) in [6.45, 7) is 2.18. The highest BCUT2D eigenvalue weighted by atomic mass is 16.5. The highest BCUT2D eigenvalue weighted by Crippen LogP contribution is 2.57. The fourth-order valence-electron chi connectivity index (χ4n) is 5.29. The first-order valence-electron chi connectivity index (χ1n) is 8.57. The van der Waals surface area contributed by atoms with E-state index in [1.807, 2.05) is 6.07 Å². The topological polar surface area (TPSA) is 18.5 Å². The number of ether oxygens (including phenoxy) is 2. The van der Waals surface area contributed by atoms with Gasteiger partial charge in [0.2, 0.25) is 0 Å². The smallest absolute Gasteiger partial charge is 0.0718 e. The minimum atomic E-state index is 0.227. The second-order valence-corrected chi connectivity index (χ2v) is 7.49. The van der Waals surface area contributed by atoms with E-state index in [0.29, 0.717) is 6.61 Å². The van der Waals surface area contributed by atoms with Crippen molar-refractivity contribution in [1.29, 1.82) is 0 Å². The zero-order valence-corrected chi connectivity index (χ0v) is 12.8. The molecule has 0 amide bonds. The predicted molar refractivity (Wildman–Crippen MR) is 83.0 cm³/mol. The maximum Gasteiger partial charge on any atom is 0.0718 e. The summed E-state index contributed by atoms with van der Waals surface area (Å²) in [5, 5.41) is 0. The first-order valence-corrected chi connectivity index (χ1v) is 8.57. The van der Waals surface area contributed by atoms with Crippen LogP contribution in [0.2, 0.25) is 0 Å². The van der Waals surface area contributed by atoms with Crippen LogP contribution < -0.4 is 0 Å². The van der Waals surface area contributed by atoms with E-state index in [-0.39, 0.29) is 5.60 Å². The molecule has 0 aromatic heterocycles. The van der Waals surface area contributed by atoms with Gasteiger partial charge in [0, 0.05) is 0 Å². The number of benzene rings is 1. The molecule has 21 heavy (non-hydrogen) atoms. The lowest BCUT2D eigenvalue weighted by Gasteiger charge is -2.56. The van der Waals surface area contributed by atoms with E-state index in [9.17, 15) is 0 Å². The summed E-state index contributed by atoms with van der Waals surface area (Å²) in [5.74, 6) is 2.88. The molecule has 4 saturated carbocycles. The van der Waals surface area contributed by atoms with Crippen LogP contribution in [0.1, 0.15) is 44.1 Å². The molecule has 4 bridgehead atoms. The minimum absolute atomic E-state index is 0.227. The van der Waals surface area contributed by atoms with Crippen molar-refractivity contribution >= 4 is 0 Å². The number of hydrogen-bond donors (Lipinski definition) is 0. The van der Waals surface area contributed by atoms with Crippen LogP contribution in [0.25, 0.3) is 0 Å². The van der Waals surface area contributed by atoms with Crippen molar-refractivity contribution in [3.8, 4) is 0 Å². The summed E-state index contributed by atoms with van der Waals surface area (Å²) < 4.78 is 12.1. The van der Waals surface area contributed by atoms with Crippen LogP contribution in [-0.4, -0.2) is 18.8 Å². The van der Waals surface area contributed by atoms with Crippen molar-refractivity contribution < 1.29 is 9.47 Å². The van der Waals surface area contributed by atoms with Gasteiger partial charge >= 0.3 is 0 Å². The molecule has 1 aromatic rings. The van der Waals surface area contributed by atoms with Gasteiger partial charge in [-0.05, 0) is 61.8 Å². The van der Waals surface area contributed by atoms with Crippen LogP contribution in [0.15, 0.2) is 30.3 Å². The normalized spacial score (nSPS) is 37.0. The molecule has 1 aromatic carbocycles. The Bertz CT molecular complexity index is 432. The summed E-state index contributed by atoms with van der Waals surface area (Å²) in [7, 11) is 0. The molecule has 0 N–H and O–H groups in total. The van der Waals surface area contributed by atoms with Crippen molar-refractivity contribution in [1.82, 2.24) is 0 Å². The van der Waals surface area contributed by atoms with Crippen LogP contribution >= 0.6 is 0 Å². The Hall–Kier alpha value is -0.860. The molecule has 0 atom stereocenters. The minimum Gasteiger partial charge on any atom is -0.374 e. The highest BCUT2D eigenvalue weighted by molar-refractivity contribution is 5.13. The fourth-order valence-corrected chi connectivity index (χ4v) is 5.29. The first kappa shape index (κ1) is 13.8. The molecule has 4 aliphatic carbocycles. The van der Waals surface area contributed by atoms with Gasteiger partial charge in [-0.2, -0.15) is 0 Å². The Balaban J connectivity index is 1.22. The third-order valence-electron chi connectivity index (χ3n) is 5.73. The largest absolute Gasteiger partial charge is 0.374 e. The summed E-state index contributed by atoms with van der Waals surface area (Å²) in [5.41, 5.74) is 1.47. The maximum absolute atomic E-state index is 6.36. The molecule has 2 heteroatoms. The first-order chi connectivity index (χ1) is 10.3. The molecule has 0 saturated heterocycles. The van der Waals surface area contributed by atoms with Gasteiger partial charge in [-0.25, -0.2) is 0 Å². The molecular weight excluding hydrogens is 260 g/mol. The van der Waals surface area contributed by atoms with Gasteiger partial charge in [0.05, 0.1) is 25.4 Å². The van der Waals surface area contributed by atoms with E-state index in [2.05, 4.69) is 24.3 Å². The standard InChI is InChI=1S/C19H26O2/c1-2-4-15(5-3-1)14-20-6-7-21-19-11-16-8-17(12-19)10-18(9-16)13-19/h1-5,16-18H,6-14H2. The Morgan fingerprint density at radius 1 is 0.857 bits per heavy atom. The number of hydrogen-bond acceptors (Lipinski definition) is 2. The average molecular weight is 286 g/mol. The lowest BCUT2D eigenvalue weighted by Crippen LogP contribution is -2.52. The third kappa shape index (κ3) is 3.02. The lowest BCUT2D eigenvalue weighted by atomic mass is 9.54. The van der Waals surface area contributed by atoms with Crippen molar-refractivity contribution in [3.05, 3.63) is 35.9 Å². The van der Waals surface area contributed by atoms with E-state index in [4.69, 9.17) is 9.47 Å². The van der Waals surface area contributed by atoms with Crippen LogP contribution in [0.4, 0.5) is 0 Å². The van der Waals surface area contributed by atoms with E-state index < -0.39 is 0 Å². The van der Waals surface area contributed by atoms with Crippen LogP contribution in [-0.2, 0) is 16.1 Å². The maximum atomic E-state index is 6.36. The van der Waals surface area contributed by atoms with E-state index in [1.54, 1.807) is 0 Å². The van der Waals surface area contributed by atoms with Crippen LogP contribution in [0.5, 0.6) is 0 Å². The monoisotopic (exact) mass is 286 g/mol. The van der Waals surface area contributed by atoms with Crippen molar-refractivity contribution in [2.24, 2.45) is 17.8 Å². The Morgan fingerprint density at radius 3 is 2.10 bits per heavy atom. The molecule has 0 spiro atoms. The molecule has 4 fully saturated rings. The van der Waals surface area contributed by atoms with Gasteiger partial charge in [-0.1, -0.05) is 30.3 Å². The molecule has 0 aliphatic heterocycles. The van der Waals surface area contributed by atoms with Gasteiger partial charge in [0.1, 0.15) is 0 Å². The third-order valence-corrected chi connectivity index (χ3v) is 5.73. The van der Waals surface area contributed by atoms with Gasteiger partial charge < -0.3 is 9.47 Å². The summed E-state index contributed by atoms with van der Waals surface area (Å²) in [4.78, 5) is 0. The summed E-state index contributed by atoms with van der Waals surface area (Å²) >= 11 is 0. The Kier molecular flexibility index (Phi) is 3.76. The molecule has 0 radical (unpaired) electrons. The lowest BCUT2D eigenvalue weighted by molar-refractivity contribution is -0.169. The highest BCUT2D eigenvalue weighted by Gasteiger charge is 2.51. The molecule has 5 rings (SSSR count). The van der Waals surface area contributed by atoms with E-state index in [0.717, 1.165) is 31.0 Å². The zero-order valence-electron chi connectivity index (χ0n) is 12.8. The van der Waals surface area contributed by atoms with Crippen LogP contribution in [0, 0.1) is 17.8 Å². The van der Waals surface area contributed by atoms with Gasteiger partial charge in [0.25, 0.3) is 0 Å². The predicted octanol–water partition coefficient (Wildman–Crippen LogP) is 4.19. The molecule has 0 heterocycles. The molecule has 0 unspecified atom stereocenters.